The van der Waals surface area contributed by atoms with E-state index >= 15 is 0 Å². The summed E-state index contributed by atoms with van der Waals surface area (Å²) in [4.78, 5) is 12.0. The van der Waals surface area contributed by atoms with Crippen molar-refractivity contribution in [2.75, 3.05) is 0 Å². The minimum atomic E-state index is -0.423. The third-order valence-corrected chi connectivity index (χ3v) is 3.12. The fourth-order valence-electron chi connectivity index (χ4n) is 1.92. The van der Waals surface area contributed by atoms with Crippen LogP contribution in [0.15, 0.2) is 24.4 Å². The number of aromatic nitrogens is 3. The smallest absolute Gasteiger partial charge is 0.149 e. The van der Waals surface area contributed by atoms with Crippen molar-refractivity contribution in [1.29, 1.82) is 5.26 Å². The fourth-order valence-corrected chi connectivity index (χ4v) is 1.92. The molecule has 0 amide bonds. The van der Waals surface area contributed by atoms with Gasteiger partial charge in [-0.1, -0.05) is 0 Å². The lowest BCUT2D eigenvalue weighted by atomic mass is 10.1. The number of aromatic amines is 1. The van der Waals surface area contributed by atoms with Gasteiger partial charge in [0.25, 0.3) is 0 Å². The largest absolute Gasteiger partial charge is 0.360 e. The van der Waals surface area contributed by atoms with E-state index in [1.54, 1.807) is 0 Å². The van der Waals surface area contributed by atoms with E-state index in [0.29, 0.717) is 5.82 Å². The monoisotopic (exact) mass is 224 g/mol. The molecule has 4 heteroatoms. The van der Waals surface area contributed by atoms with Gasteiger partial charge in [0.15, 0.2) is 0 Å². The third kappa shape index (κ3) is 1.60. The van der Waals surface area contributed by atoms with Gasteiger partial charge in [0.2, 0.25) is 0 Å². The molecule has 0 spiro atoms. The quantitative estimate of drug-likeness (QED) is 0.851. The number of nitrogens with one attached hydrogen (secondary N) is 1. The number of aryl methyl sites for hydroxylation is 1. The van der Waals surface area contributed by atoms with Crippen LogP contribution >= 0.6 is 0 Å². The standard InChI is InChI=1S/C13H12N4/c1-9-7-11(10-3-2-6-15-10)17-12(16-9)13(8-14)4-5-13/h2-3,6-7,15H,4-5H2,1H3. The summed E-state index contributed by atoms with van der Waals surface area (Å²) >= 11 is 0. The van der Waals surface area contributed by atoms with Crippen molar-refractivity contribution >= 4 is 0 Å². The third-order valence-electron chi connectivity index (χ3n) is 3.12. The molecular formula is C13H12N4. The van der Waals surface area contributed by atoms with Gasteiger partial charge in [0, 0.05) is 11.9 Å². The van der Waals surface area contributed by atoms with Crippen molar-refractivity contribution < 1.29 is 0 Å². The van der Waals surface area contributed by atoms with Crippen LogP contribution in [0.2, 0.25) is 0 Å². The maximum absolute atomic E-state index is 9.18. The van der Waals surface area contributed by atoms with Crippen molar-refractivity contribution in [2.45, 2.75) is 25.2 Å². The lowest BCUT2D eigenvalue weighted by Gasteiger charge is -2.07. The predicted molar refractivity (Wildman–Crippen MR) is 63.1 cm³/mol. The molecule has 2 aromatic rings. The highest BCUT2D eigenvalue weighted by Gasteiger charge is 2.48. The van der Waals surface area contributed by atoms with Gasteiger partial charge in [-0.25, -0.2) is 9.97 Å². The average molecular weight is 224 g/mol. The first-order valence-corrected chi connectivity index (χ1v) is 5.65. The van der Waals surface area contributed by atoms with E-state index in [4.69, 9.17) is 0 Å². The van der Waals surface area contributed by atoms with Crippen LogP contribution in [0, 0.1) is 18.3 Å². The van der Waals surface area contributed by atoms with Gasteiger partial charge in [0.05, 0.1) is 17.5 Å². The molecule has 0 radical (unpaired) electrons. The molecular weight excluding hydrogens is 212 g/mol. The van der Waals surface area contributed by atoms with Gasteiger partial charge in [0.1, 0.15) is 11.2 Å². The molecule has 84 valence electrons. The molecule has 0 atom stereocenters. The van der Waals surface area contributed by atoms with Crippen LogP contribution in [0.5, 0.6) is 0 Å². The van der Waals surface area contributed by atoms with E-state index in [0.717, 1.165) is 29.9 Å². The van der Waals surface area contributed by atoms with Crippen LogP contribution in [-0.4, -0.2) is 15.0 Å². The Labute approximate surface area is 99.3 Å². The minimum absolute atomic E-state index is 0.423. The lowest BCUT2D eigenvalue weighted by Crippen LogP contribution is -2.10. The summed E-state index contributed by atoms with van der Waals surface area (Å²) in [6.45, 7) is 1.94. The van der Waals surface area contributed by atoms with E-state index in [2.05, 4.69) is 21.0 Å². The first-order chi connectivity index (χ1) is 8.23. The molecule has 17 heavy (non-hydrogen) atoms. The van der Waals surface area contributed by atoms with E-state index < -0.39 is 5.41 Å². The minimum Gasteiger partial charge on any atom is -0.360 e. The summed E-state index contributed by atoms with van der Waals surface area (Å²) in [7, 11) is 0. The Kier molecular flexibility index (Phi) is 2.02. The highest BCUT2D eigenvalue weighted by atomic mass is 14.9. The molecule has 1 aliphatic carbocycles. The number of H-pyrrole nitrogens is 1. The number of nitriles is 1. The summed E-state index contributed by atoms with van der Waals surface area (Å²) in [5, 5.41) is 9.18. The van der Waals surface area contributed by atoms with Crippen LogP contribution in [0.1, 0.15) is 24.4 Å². The van der Waals surface area contributed by atoms with Gasteiger partial charge in [-0.15, -0.1) is 0 Å². The van der Waals surface area contributed by atoms with Gasteiger partial charge >= 0.3 is 0 Å². The maximum atomic E-state index is 9.18. The van der Waals surface area contributed by atoms with Crippen LogP contribution in [0.25, 0.3) is 11.4 Å². The van der Waals surface area contributed by atoms with Gasteiger partial charge in [-0.2, -0.15) is 5.26 Å². The fraction of sp³-hybridized carbons (Fsp3) is 0.308. The zero-order valence-corrected chi connectivity index (χ0v) is 9.57. The van der Waals surface area contributed by atoms with Crippen molar-refractivity contribution in [1.82, 2.24) is 15.0 Å². The molecule has 0 aromatic carbocycles. The molecule has 1 saturated carbocycles. The average Bonchev–Trinajstić information content (AvgIpc) is 2.94. The Morgan fingerprint density at radius 3 is 2.82 bits per heavy atom. The Hall–Kier alpha value is -2.15. The summed E-state index contributed by atoms with van der Waals surface area (Å²) < 4.78 is 0. The second-order valence-electron chi connectivity index (χ2n) is 4.50. The lowest BCUT2D eigenvalue weighted by molar-refractivity contribution is 0.789. The van der Waals surface area contributed by atoms with Gasteiger partial charge in [-0.3, -0.25) is 0 Å². The molecule has 1 fully saturated rings. The number of hydrogen-bond donors (Lipinski definition) is 1. The topological polar surface area (TPSA) is 65.4 Å². The Morgan fingerprint density at radius 2 is 2.24 bits per heavy atom. The SMILES string of the molecule is Cc1cc(-c2ccc[nH]2)nc(C2(C#N)CC2)n1. The molecule has 3 rings (SSSR count). The van der Waals surface area contributed by atoms with Gasteiger partial charge < -0.3 is 4.98 Å². The van der Waals surface area contributed by atoms with E-state index in [1.165, 1.54) is 0 Å². The number of nitrogens with zero attached hydrogens (tertiary/aromatic N) is 3. The molecule has 0 aliphatic heterocycles. The van der Waals surface area contributed by atoms with Gasteiger partial charge in [-0.05, 0) is 38.0 Å². The first-order valence-electron chi connectivity index (χ1n) is 5.65. The number of hydrogen-bond acceptors (Lipinski definition) is 3. The molecule has 2 aromatic heterocycles. The molecule has 1 aliphatic rings. The van der Waals surface area contributed by atoms with Crippen molar-refractivity contribution in [3.05, 3.63) is 35.9 Å². The second-order valence-corrected chi connectivity index (χ2v) is 4.50. The summed E-state index contributed by atoms with van der Waals surface area (Å²) in [5.74, 6) is 0.671. The van der Waals surface area contributed by atoms with Crippen LogP contribution in [0.4, 0.5) is 0 Å². The molecule has 0 bridgehead atoms. The Balaban J connectivity index is 2.11. The molecule has 2 heterocycles. The highest BCUT2D eigenvalue weighted by Crippen LogP contribution is 2.46. The normalized spacial score (nSPS) is 16.5. The summed E-state index contributed by atoms with van der Waals surface area (Å²) in [6, 6.07) is 8.17. The van der Waals surface area contributed by atoms with E-state index in [-0.39, 0.29) is 0 Å². The molecule has 1 N–H and O–H groups in total. The van der Waals surface area contributed by atoms with Crippen LogP contribution < -0.4 is 0 Å². The van der Waals surface area contributed by atoms with E-state index in [1.807, 2.05) is 31.3 Å². The van der Waals surface area contributed by atoms with Crippen LogP contribution in [-0.2, 0) is 5.41 Å². The zero-order valence-electron chi connectivity index (χ0n) is 9.57. The maximum Gasteiger partial charge on any atom is 0.149 e. The predicted octanol–water partition coefficient (Wildman–Crippen LogP) is 2.34. The van der Waals surface area contributed by atoms with Crippen LogP contribution in [0.3, 0.4) is 0 Å². The Bertz CT molecular complexity index is 588. The van der Waals surface area contributed by atoms with Crippen molar-refractivity contribution in [3.8, 4) is 17.5 Å². The van der Waals surface area contributed by atoms with Crippen molar-refractivity contribution in [2.24, 2.45) is 0 Å². The zero-order chi connectivity index (χ0) is 11.9. The molecule has 4 nitrogen and oxygen atoms in total. The van der Waals surface area contributed by atoms with Crippen molar-refractivity contribution in [3.63, 3.8) is 0 Å². The highest BCUT2D eigenvalue weighted by molar-refractivity contribution is 5.55. The molecule has 0 saturated heterocycles. The second kappa shape index (κ2) is 3.42. The summed E-state index contributed by atoms with van der Waals surface area (Å²) in [6.07, 6.45) is 3.61. The van der Waals surface area contributed by atoms with E-state index in [9.17, 15) is 5.26 Å². The Morgan fingerprint density at radius 1 is 1.41 bits per heavy atom. The summed E-state index contributed by atoms with van der Waals surface area (Å²) in [5.41, 5.74) is 2.30. The number of rotatable bonds is 2. The molecule has 0 unspecified atom stereocenters. The first kappa shape index (κ1) is 10.0.